The number of aromatic nitrogens is 3. The fraction of sp³-hybridized carbons (Fsp3) is 0.133. The van der Waals surface area contributed by atoms with Crippen molar-refractivity contribution in [2.45, 2.75) is 0 Å². The predicted molar refractivity (Wildman–Crippen MR) is 75.0 cm³/mol. The molecule has 3 rings (SSSR count). The van der Waals surface area contributed by atoms with Crippen LogP contribution in [0.25, 0.3) is 17.0 Å². The molecule has 2 heterocycles. The summed E-state index contributed by atoms with van der Waals surface area (Å²) in [5.41, 5.74) is 1.91. The van der Waals surface area contributed by atoms with Crippen LogP contribution in [-0.2, 0) is 0 Å². The van der Waals surface area contributed by atoms with E-state index >= 15 is 0 Å². The van der Waals surface area contributed by atoms with E-state index in [-0.39, 0.29) is 0 Å². The molecule has 0 bridgehead atoms. The first-order valence-electron chi connectivity index (χ1n) is 6.17. The van der Waals surface area contributed by atoms with E-state index in [0.717, 1.165) is 23.0 Å². The second-order valence-corrected chi connectivity index (χ2v) is 4.54. The van der Waals surface area contributed by atoms with Crippen LogP contribution in [0.2, 0.25) is 0 Å². The van der Waals surface area contributed by atoms with Crippen LogP contribution in [0.4, 0.5) is 5.95 Å². The van der Waals surface area contributed by atoms with Gasteiger partial charge in [-0.1, -0.05) is 29.2 Å². The minimum absolute atomic E-state index is 0.746. The van der Waals surface area contributed by atoms with Crippen molar-refractivity contribution in [2.24, 2.45) is 0 Å². The molecule has 0 atom stereocenters. The summed E-state index contributed by atoms with van der Waals surface area (Å²) in [6, 6.07) is 16.0. The average molecular weight is 251 g/mol. The van der Waals surface area contributed by atoms with E-state index in [9.17, 15) is 0 Å². The Bertz CT molecular complexity index is 708. The Balaban J connectivity index is 2.28. The van der Waals surface area contributed by atoms with Gasteiger partial charge < -0.3 is 0 Å². The zero-order chi connectivity index (χ0) is 13.2. The van der Waals surface area contributed by atoms with Crippen molar-refractivity contribution in [1.29, 1.82) is 0 Å². The van der Waals surface area contributed by atoms with Gasteiger partial charge in [-0.2, -0.15) is 4.40 Å². The van der Waals surface area contributed by atoms with E-state index < -0.39 is 0 Å². The third-order valence-corrected chi connectivity index (χ3v) is 2.91. The molecule has 0 saturated heterocycles. The van der Waals surface area contributed by atoms with E-state index in [1.165, 1.54) is 0 Å². The summed E-state index contributed by atoms with van der Waals surface area (Å²) in [6.45, 7) is 0. The van der Waals surface area contributed by atoms with Crippen LogP contribution in [0.5, 0.6) is 0 Å². The largest absolute Gasteiger partial charge is 0.357 e. The molecule has 94 valence electrons. The zero-order valence-corrected chi connectivity index (χ0v) is 11.0. The Morgan fingerprint density at radius 3 is 2.37 bits per heavy atom. The van der Waals surface area contributed by atoms with Crippen LogP contribution in [0.1, 0.15) is 0 Å². The van der Waals surface area contributed by atoms with E-state index in [2.05, 4.69) is 9.97 Å². The molecule has 19 heavy (non-hydrogen) atoms. The number of anilines is 1. The van der Waals surface area contributed by atoms with Gasteiger partial charge in [0.1, 0.15) is 0 Å². The van der Waals surface area contributed by atoms with E-state index in [0.29, 0.717) is 0 Å². The molecule has 0 spiro atoms. The molecular weight excluding hydrogens is 236 g/mol. The lowest BCUT2D eigenvalue weighted by Crippen LogP contribution is -2.33. The zero-order valence-electron chi connectivity index (χ0n) is 11.0. The normalized spacial score (nSPS) is 10.6. The number of benzene rings is 1. The minimum Gasteiger partial charge on any atom is -0.286 e. The lowest BCUT2D eigenvalue weighted by atomic mass is 10.2. The summed E-state index contributed by atoms with van der Waals surface area (Å²) in [4.78, 5) is 11.2. The van der Waals surface area contributed by atoms with Crippen molar-refractivity contribution in [2.75, 3.05) is 19.0 Å². The first kappa shape index (κ1) is 11.6. The summed E-state index contributed by atoms with van der Waals surface area (Å²) in [7, 11) is 3.97. The molecule has 1 aromatic carbocycles. The quantitative estimate of drug-likeness (QED) is 0.653. The highest BCUT2D eigenvalue weighted by Crippen LogP contribution is 2.16. The maximum Gasteiger partial charge on any atom is 0.357 e. The summed E-state index contributed by atoms with van der Waals surface area (Å²) in [5, 5.41) is 0. The van der Waals surface area contributed by atoms with Crippen molar-refractivity contribution in [1.82, 2.24) is 9.97 Å². The van der Waals surface area contributed by atoms with Gasteiger partial charge in [-0.15, -0.1) is 4.98 Å². The van der Waals surface area contributed by atoms with Crippen molar-refractivity contribution >= 4 is 11.6 Å². The van der Waals surface area contributed by atoms with Crippen LogP contribution in [-0.4, -0.2) is 24.1 Å². The molecule has 3 aromatic rings. The van der Waals surface area contributed by atoms with Crippen molar-refractivity contribution in [3.63, 3.8) is 0 Å². The Kier molecular flexibility index (Phi) is 2.83. The van der Waals surface area contributed by atoms with Gasteiger partial charge in [-0.25, -0.2) is 0 Å². The van der Waals surface area contributed by atoms with Crippen LogP contribution in [0, 0.1) is 0 Å². The lowest BCUT2D eigenvalue weighted by Gasteiger charge is -2.08. The highest BCUT2D eigenvalue weighted by molar-refractivity contribution is 5.57. The van der Waals surface area contributed by atoms with E-state index in [1.807, 2.05) is 78.1 Å². The molecule has 0 aliphatic carbocycles. The molecule has 0 N–H and O–H groups in total. The Morgan fingerprint density at radius 2 is 1.63 bits per heavy atom. The smallest absolute Gasteiger partial charge is 0.286 e. The molecule has 0 unspecified atom stereocenters. The summed E-state index contributed by atoms with van der Waals surface area (Å²) in [6.07, 6.45) is 1.97. The van der Waals surface area contributed by atoms with Crippen LogP contribution in [0.3, 0.4) is 0 Å². The molecule has 4 nitrogen and oxygen atoms in total. The predicted octanol–water partition coefficient (Wildman–Crippen LogP) is 1.95. The van der Waals surface area contributed by atoms with Gasteiger partial charge in [0.15, 0.2) is 0 Å². The van der Waals surface area contributed by atoms with E-state index in [1.54, 1.807) is 0 Å². The Hall–Kier alpha value is -2.49. The van der Waals surface area contributed by atoms with Gasteiger partial charge in [0.2, 0.25) is 5.65 Å². The average Bonchev–Trinajstić information content (AvgIpc) is 2.47. The molecular formula is C15H15N4+. The molecule has 0 radical (unpaired) electrons. The van der Waals surface area contributed by atoms with Gasteiger partial charge in [0.25, 0.3) is 5.82 Å². The topological polar surface area (TPSA) is 33.1 Å². The third-order valence-electron chi connectivity index (χ3n) is 2.91. The van der Waals surface area contributed by atoms with Gasteiger partial charge in [0, 0.05) is 25.7 Å². The van der Waals surface area contributed by atoms with Gasteiger partial charge in [-0.3, -0.25) is 4.90 Å². The molecule has 0 saturated carbocycles. The maximum atomic E-state index is 4.65. The standard InChI is InChI=1S/C15H15N4/c1-18(2)15-17-14(12-8-4-3-5-9-12)16-13-10-6-7-11-19(13)15/h3-11H,1-2H3/q+1. The van der Waals surface area contributed by atoms with Crippen LogP contribution in [0.15, 0.2) is 54.7 Å². The van der Waals surface area contributed by atoms with Gasteiger partial charge in [0.05, 0.1) is 6.20 Å². The fourth-order valence-electron chi connectivity index (χ4n) is 2.01. The molecule has 0 amide bonds. The molecule has 0 aliphatic rings. The SMILES string of the molecule is CN(C)c1nc(-c2ccccc2)nc2cccc[n+]12. The number of pyridine rings is 1. The minimum atomic E-state index is 0.746. The highest BCUT2D eigenvalue weighted by Gasteiger charge is 2.17. The number of hydrogen-bond acceptors (Lipinski definition) is 3. The summed E-state index contributed by atoms with van der Waals surface area (Å²) < 4.78 is 1.98. The molecule has 2 aromatic heterocycles. The van der Waals surface area contributed by atoms with Crippen molar-refractivity contribution in [3.05, 3.63) is 54.7 Å². The maximum absolute atomic E-state index is 4.65. The molecule has 0 aliphatic heterocycles. The Morgan fingerprint density at radius 1 is 0.895 bits per heavy atom. The first-order chi connectivity index (χ1) is 9.25. The fourth-order valence-corrected chi connectivity index (χ4v) is 2.01. The van der Waals surface area contributed by atoms with Crippen LogP contribution >= 0.6 is 0 Å². The second kappa shape index (κ2) is 4.65. The molecule has 4 heteroatoms. The number of rotatable bonds is 2. The first-order valence-corrected chi connectivity index (χ1v) is 6.17. The van der Waals surface area contributed by atoms with Gasteiger partial charge >= 0.3 is 5.95 Å². The second-order valence-electron chi connectivity index (χ2n) is 4.54. The summed E-state index contributed by atoms with van der Waals surface area (Å²) >= 11 is 0. The lowest BCUT2D eigenvalue weighted by molar-refractivity contribution is -0.504. The van der Waals surface area contributed by atoms with Gasteiger partial charge in [-0.05, 0) is 18.2 Å². The third kappa shape index (κ3) is 2.12. The monoisotopic (exact) mass is 251 g/mol. The number of nitrogens with zero attached hydrogens (tertiary/aromatic N) is 4. The summed E-state index contributed by atoms with van der Waals surface area (Å²) in [5.74, 6) is 1.61. The van der Waals surface area contributed by atoms with E-state index in [4.69, 9.17) is 0 Å². The molecule has 0 fully saturated rings. The number of hydrogen-bond donors (Lipinski definition) is 0. The Labute approximate surface area is 112 Å². The van der Waals surface area contributed by atoms with Crippen molar-refractivity contribution in [3.8, 4) is 11.4 Å². The van der Waals surface area contributed by atoms with Crippen molar-refractivity contribution < 1.29 is 4.40 Å². The highest BCUT2D eigenvalue weighted by atomic mass is 15.3. The number of fused-ring (bicyclic) bond motifs is 1. The van der Waals surface area contributed by atoms with Crippen LogP contribution < -0.4 is 9.30 Å².